The number of rotatable bonds is 4. The number of hydrogen-bond acceptors (Lipinski definition) is 3. The number of methoxy groups -OCH3 is 1. The molecule has 5 rings (SSSR count). The smallest absolute Gasteiger partial charge is 0.128 e. The van der Waals surface area contributed by atoms with Crippen LogP contribution in [0.3, 0.4) is 0 Å². The van der Waals surface area contributed by atoms with Gasteiger partial charge < -0.3 is 4.74 Å². The molecule has 1 fully saturated rings. The maximum absolute atomic E-state index is 5.55. The average molecular weight is 335 g/mol. The van der Waals surface area contributed by atoms with Crippen LogP contribution in [0.5, 0.6) is 5.75 Å². The molecule has 0 amide bonds. The van der Waals surface area contributed by atoms with Crippen LogP contribution in [0.2, 0.25) is 0 Å². The molecule has 0 spiro atoms. The molecule has 1 N–H and O–H groups in total. The SMILES string of the molecule is COc1ccccc1-c1n[nH]c2c1CN(C[C@H]1C[C@H]3C=C[C@@H]1C3)CC2. The Labute approximate surface area is 148 Å². The molecular formula is C21H25N3O. The van der Waals surface area contributed by atoms with Crippen molar-refractivity contribution in [3.63, 3.8) is 0 Å². The van der Waals surface area contributed by atoms with Crippen molar-refractivity contribution in [1.29, 1.82) is 0 Å². The molecule has 2 aromatic rings. The minimum absolute atomic E-state index is 0.824. The van der Waals surface area contributed by atoms with E-state index in [9.17, 15) is 0 Å². The van der Waals surface area contributed by atoms with Gasteiger partial charge in [-0.05, 0) is 42.7 Å². The average Bonchev–Trinajstić information content (AvgIpc) is 3.36. The van der Waals surface area contributed by atoms with E-state index in [1.54, 1.807) is 7.11 Å². The lowest BCUT2D eigenvalue weighted by Crippen LogP contribution is -2.35. The van der Waals surface area contributed by atoms with Gasteiger partial charge in [-0.15, -0.1) is 0 Å². The monoisotopic (exact) mass is 335 g/mol. The summed E-state index contributed by atoms with van der Waals surface area (Å²) in [6.45, 7) is 3.36. The second-order valence-electron chi connectivity index (χ2n) is 7.76. The Kier molecular flexibility index (Phi) is 3.66. The molecule has 1 aromatic heterocycles. The van der Waals surface area contributed by atoms with Crippen LogP contribution in [-0.2, 0) is 13.0 Å². The first-order valence-corrected chi connectivity index (χ1v) is 9.42. The number of para-hydroxylation sites is 1. The van der Waals surface area contributed by atoms with E-state index < -0.39 is 0 Å². The lowest BCUT2D eigenvalue weighted by Gasteiger charge is -2.31. The van der Waals surface area contributed by atoms with Crippen LogP contribution in [0.1, 0.15) is 24.1 Å². The Bertz CT molecular complexity index is 809. The summed E-state index contributed by atoms with van der Waals surface area (Å²) < 4.78 is 5.55. The summed E-state index contributed by atoms with van der Waals surface area (Å²) in [6, 6.07) is 8.19. The number of hydrogen-bond donors (Lipinski definition) is 1. The van der Waals surface area contributed by atoms with E-state index in [0.29, 0.717) is 0 Å². The summed E-state index contributed by atoms with van der Waals surface area (Å²) in [5.41, 5.74) is 4.80. The van der Waals surface area contributed by atoms with Gasteiger partial charge in [-0.3, -0.25) is 10.00 Å². The van der Waals surface area contributed by atoms with Gasteiger partial charge in [-0.25, -0.2) is 0 Å². The third kappa shape index (κ3) is 2.60. The van der Waals surface area contributed by atoms with E-state index >= 15 is 0 Å². The van der Waals surface area contributed by atoms with E-state index in [4.69, 9.17) is 4.74 Å². The standard InChI is InChI=1S/C21H25N3O/c1-25-20-5-3-2-4-17(20)21-18-13-24(9-8-19(18)22-23-21)12-16-11-14-6-7-15(16)10-14/h2-7,14-16H,8-13H2,1H3,(H,22,23)/t14-,15+,16+/m0/s1. The summed E-state index contributed by atoms with van der Waals surface area (Å²) in [5, 5.41) is 7.91. The largest absolute Gasteiger partial charge is 0.496 e. The first-order valence-electron chi connectivity index (χ1n) is 9.42. The zero-order chi connectivity index (χ0) is 16.8. The number of aromatic amines is 1. The Morgan fingerprint density at radius 3 is 2.96 bits per heavy atom. The van der Waals surface area contributed by atoms with Gasteiger partial charge in [0.2, 0.25) is 0 Å². The van der Waals surface area contributed by atoms with Crippen molar-refractivity contribution in [2.75, 3.05) is 20.2 Å². The van der Waals surface area contributed by atoms with Crippen LogP contribution < -0.4 is 4.74 Å². The van der Waals surface area contributed by atoms with E-state index in [0.717, 1.165) is 54.3 Å². The summed E-state index contributed by atoms with van der Waals surface area (Å²) in [4.78, 5) is 2.63. The third-order valence-corrected chi connectivity index (χ3v) is 6.28. The van der Waals surface area contributed by atoms with Crippen LogP contribution in [0.25, 0.3) is 11.3 Å². The number of H-pyrrole nitrogens is 1. The highest BCUT2D eigenvalue weighted by Gasteiger charge is 2.37. The highest BCUT2D eigenvalue weighted by Crippen LogP contribution is 2.44. The molecule has 4 heteroatoms. The van der Waals surface area contributed by atoms with Crippen molar-refractivity contribution in [3.8, 4) is 17.0 Å². The van der Waals surface area contributed by atoms with Gasteiger partial charge in [-0.1, -0.05) is 24.3 Å². The van der Waals surface area contributed by atoms with Gasteiger partial charge in [0.15, 0.2) is 0 Å². The molecule has 0 unspecified atom stereocenters. The Balaban J connectivity index is 1.39. The maximum Gasteiger partial charge on any atom is 0.128 e. The molecule has 2 aliphatic carbocycles. The summed E-state index contributed by atoms with van der Waals surface area (Å²) in [7, 11) is 1.73. The number of ether oxygens (including phenoxy) is 1. The van der Waals surface area contributed by atoms with E-state index in [-0.39, 0.29) is 0 Å². The predicted octanol–water partition coefficient (Wildman–Crippen LogP) is 3.66. The Morgan fingerprint density at radius 2 is 2.16 bits per heavy atom. The van der Waals surface area contributed by atoms with Gasteiger partial charge in [0, 0.05) is 42.9 Å². The highest BCUT2D eigenvalue weighted by molar-refractivity contribution is 5.70. The number of allylic oxidation sites excluding steroid dienone is 2. The molecule has 3 atom stereocenters. The highest BCUT2D eigenvalue weighted by atomic mass is 16.5. The molecule has 0 saturated heterocycles. The minimum atomic E-state index is 0.824. The van der Waals surface area contributed by atoms with Gasteiger partial charge in [0.1, 0.15) is 11.4 Å². The van der Waals surface area contributed by atoms with E-state index in [1.807, 2.05) is 12.1 Å². The van der Waals surface area contributed by atoms with Gasteiger partial charge in [-0.2, -0.15) is 5.10 Å². The van der Waals surface area contributed by atoms with Gasteiger partial charge in [0.25, 0.3) is 0 Å². The van der Waals surface area contributed by atoms with Crippen LogP contribution in [0, 0.1) is 17.8 Å². The second-order valence-corrected chi connectivity index (χ2v) is 7.76. The summed E-state index contributed by atoms with van der Waals surface area (Å²) in [5.74, 6) is 3.42. The maximum atomic E-state index is 5.55. The number of fused-ring (bicyclic) bond motifs is 3. The van der Waals surface area contributed by atoms with E-state index in [1.165, 1.54) is 30.6 Å². The quantitative estimate of drug-likeness (QED) is 0.867. The summed E-state index contributed by atoms with van der Waals surface area (Å²) in [6.07, 6.45) is 8.74. The molecule has 2 heterocycles. The molecule has 4 nitrogen and oxygen atoms in total. The first-order chi connectivity index (χ1) is 12.3. The van der Waals surface area contributed by atoms with Crippen molar-refractivity contribution in [1.82, 2.24) is 15.1 Å². The molecule has 0 radical (unpaired) electrons. The van der Waals surface area contributed by atoms with Crippen molar-refractivity contribution in [2.24, 2.45) is 17.8 Å². The van der Waals surface area contributed by atoms with Gasteiger partial charge >= 0.3 is 0 Å². The van der Waals surface area contributed by atoms with Gasteiger partial charge in [0.05, 0.1) is 7.11 Å². The Hall–Kier alpha value is -2.07. The van der Waals surface area contributed by atoms with E-state index in [2.05, 4.69) is 39.4 Å². The fourth-order valence-corrected chi connectivity index (χ4v) is 5.01. The zero-order valence-corrected chi connectivity index (χ0v) is 14.7. The molecule has 1 aromatic carbocycles. The number of nitrogens with zero attached hydrogens (tertiary/aromatic N) is 2. The van der Waals surface area contributed by atoms with Crippen LogP contribution in [-0.4, -0.2) is 35.3 Å². The first kappa shape index (κ1) is 15.2. The number of benzene rings is 1. The second kappa shape index (κ2) is 6.03. The molecule has 2 bridgehead atoms. The van der Waals surface area contributed by atoms with Crippen molar-refractivity contribution < 1.29 is 4.74 Å². The van der Waals surface area contributed by atoms with Crippen molar-refractivity contribution in [3.05, 3.63) is 47.7 Å². The third-order valence-electron chi connectivity index (χ3n) is 6.28. The molecule has 1 aliphatic heterocycles. The molecule has 25 heavy (non-hydrogen) atoms. The Morgan fingerprint density at radius 1 is 1.24 bits per heavy atom. The molecular weight excluding hydrogens is 310 g/mol. The predicted molar refractivity (Wildman–Crippen MR) is 98.4 cm³/mol. The fraction of sp³-hybridized carbons (Fsp3) is 0.476. The lowest BCUT2D eigenvalue weighted by atomic mass is 9.92. The lowest BCUT2D eigenvalue weighted by molar-refractivity contribution is 0.199. The van der Waals surface area contributed by atoms with Crippen molar-refractivity contribution in [2.45, 2.75) is 25.8 Å². The zero-order valence-electron chi connectivity index (χ0n) is 14.7. The van der Waals surface area contributed by atoms with Crippen molar-refractivity contribution >= 4 is 0 Å². The molecule has 3 aliphatic rings. The number of nitrogens with one attached hydrogen (secondary N) is 1. The van der Waals surface area contributed by atoms with Crippen LogP contribution in [0.4, 0.5) is 0 Å². The minimum Gasteiger partial charge on any atom is -0.496 e. The normalized spacial score (nSPS) is 27.6. The summed E-state index contributed by atoms with van der Waals surface area (Å²) >= 11 is 0. The van der Waals surface area contributed by atoms with Crippen LogP contribution in [0.15, 0.2) is 36.4 Å². The molecule has 130 valence electrons. The molecule has 1 saturated carbocycles. The topological polar surface area (TPSA) is 41.1 Å². The van der Waals surface area contributed by atoms with Crippen LogP contribution >= 0.6 is 0 Å². The number of aromatic nitrogens is 2. The fourth-order valence-electron chi connectivity index (χ4n) is 5.01.